The molecule has 3 N–H and O–H groups in total. The van der Waals surface area contributed by atoms with Gasteiger partial charge in [0.1, 0.15) is 12.4 Å². The van der Waals surface area contributed by atoms with E-state index in [1.807, 2.05) is 37.3 Å². The summed E-state index contributed by atoms with van der Waals surface area (Å²) < 4.78 is 1.50. The zero-order valence-electron chi connectivity index (χ0n) is 11.6. The van der Waals surface area contributed by atoms with Gasteiger partial charge in [0.05, 0.1) is 11.2 Å². The van der Waals surface area contributed by atoms with Crippen LogP contribution in [-0.2, 0) is 11.3 Å². The average molecular weight is 281 g/mol. The first kappa shape index (κ1) is 13.1. The molecule has 0 atom stereocenters. The largest absolute Gasteiger partial charge is 0.382 e. The maximum Gasteiger partial charge on any atom is 0.246 e. The molecule has 0 aliphatic carbocycles. The molecule has 0 saturated heterocycles. The van der Waals surface area contributed by atoms with E-state index >= 15 is 0 Å². The molecule has 0 aliphatic rings. The standard InChI is InChI=1S/C15H15N5O/c1-10-8-13(11-4-2-3-5-12(11)17-10)18-15(21)9-20-7-6-14(16)19-20/h2-8H,9H2,1H3,(H2,16,19)(H,17,18,21). The van der Waals surface area contributed by atoms with Gasteiger partial charge in [-0.1, -0.05) is 18.2 Å². The third-order valence-corrected chi connectivity index (χ3v) is 3.09. The number of hydrogen-bond acceptors (Lipinski definition) is 4. The molecule has 6 heteroatoms. The summed E-state index contributed by atoms with van der Waals surface area (Å²) in [5, 5.41) is 7.81. The second kappa shape index (κ2) is 5.24. The topological polar surface area (TPSA) is 85.8 Å². The summed E-state index contributed by atoms with van der Waals surface area (Å²) in [7, 11) is 0. The van der Waals surface area contributed by atoms with Gasteiger partial charge in [-0.15, -0.1) is 0 Å². The fraction of sp³-hybridized carbons (Fsp3) is 0.133. The second-order valence-corrected chi connectivity index (χ2v) is 4.81. The van der Waals surface area contributed by atoms with Gasteiger partial charge in [-0.3, -0.25) is 14.5 Å². The Labute approximate surface area is 121 Å². The van der Waals surface area contributed by atoms with Gasteiger partial charge in [0.2, 0.25) is 5.91 Å². The van der Waals surface area contributed by atoms with E-state index in [1.165, 1.54) is 4.68 Å². The van der Waals surface area contributed by atoms with Crippen LogP contribution >= 0.6 is 0 Å². The van der Waals surface area contributed by atoms with E-state index in [1.54, 1.807) is 12.3 Å². The normalized spacial score (nSPS) is 10.7. The number of fused-ring (bicyclic) bond motifs is 1. The number of carbonyl (C=O) groups excluding carboxylic acids is 1. The number of aromatic nitrogens is 3. The van der Waals surface area contributed by atoms with Gasteiger partial charge in [-0.2, -0.15) is 5.10 Å². The first-order valence-electron chi connectivity index (χ1n) is 6.57. The number of benzene rings is 1. The van der Waals surface area contributed by atoms with E-state index in [9.17, 15) is 4.79 Å². The number of nitrogens with one attached hydrogen (secondary N) is 1. The maximum atomic E-state index is 12.1. The van der Waals surface area contributed by atoms with Crippen molar-refractivity contribution in [2.24, 2.45) is 0 Å². The van der Waals surface area contributed by atoms with Crippen molar-refractivity contribution in [2.75, 3.05) is 11.1 Å². The highest BCUT2D eigenvalue weighted by molar-refractivity contribution is 6.00. The van der Waals surface area contributed by atoms with Crippen LogP contribution in [0.4, 0.5) is 11.5 Å². The van der Waals surface area contributed by atoms with Crippen molar-refractivity contribution in [3.05, 3.63) is 48.3 Å². The number of anilines is 2. The van der Waals surface area contributed by atoms with Crippen LogP contribution in [0.1, 0.15) is 5.69 Å². The summed E-state index contributed by atoms with van der Waals surface area (Å²) in [5.41, 5.74) is 7.99. The molecule has 106 valence electrons. The number of aryl methyl sites for hydroxylation is 1. The summed E-state index contributed by atoms with van der Waals surface area (Å²) in [6.07, 6.45) is 1.67. The zero-order chi connectivity index (χ0) is 14.8. The van der Waals surface area contributed by atoms with E-state index in [0.29, 0.717) is 5.82 Å². The molecule has 0 unspecified atom stereocenters. The average Bonchev–Trinajstić information content (AvgIpc) is 2.83. The number of pyridine rings is 1. The summed E-state index contributed by atoms with van der Waals surface area (Å²) in [6.45, 7) is 2.02. The number of amides is 1. The van der Waals surface area contributed by atoms with Crippen molar-refractivity contribution < 1.29 is 4.79 Å². The van der Waals surface area contributed by atoms with E-state index in [0.717, 1.165) is 22.3 Å². The molecular weight excluding hydrogens is 266 g/mol. The predicted octanol–water partition coefficient (Wildman–Crippen LogP) is 1.96. The number of nitrogen functional groups attached to an aromatic ring is 1. The lowest BCUT2D eigenvalue weighted by molar-refractivity contribution is -0.116. The van der Waals surface area contributed by atoms with Crippen LogP contribution in [-0.4, -0.2) is 20.7 Å². The molecule has 6 nitrogen and oxygen atoms in total. The minimum absolute atomic E-state index is 0.118. The Morgan fingerprint density at radius 1 is 1.33 bits per heavy atom. The van der Waals surface area contributed by atoms with Gasteiger partial charge in [-0.25, -0.2) is 0 Å². The Bertz CT molecular complexity index is 809. The molecule has 1 amide bonds. The van der Waals surface area contributed by atoms with Gasteiger partial charge in [0.25, 0.3) is 0 Å². The quantitative estimate of drug-likeness (QED) is 0.768. The molecule has 1 aromatic carbocycles. The van der Waals surface area contributed by atoms with Crippen LogP contribution < -0.4 is 11.1 Å². The molecule has 2 heterocycles. The summed E-state index contributed by atoms with van der Waals surface area (Å²) in [4.78, 5) is 16.6. The second-order valence-electron chi connectivity index (χ2n) is 4.81. The van der Waals surface area contributed by atoms with E-state index in [4.69, 9.17) is 5.73 Å². The van der Waals surface area contributed by atoms with E-state index < -0.39 is 0 Å². The zero-order valence-corrected chi connectivity index (χ0v) is 11.6. The first-order chi connectivity index (χ1) is 10.1. The van der Waals surface area contributed by atoms with Crippen molar-refractivity contribution in [3.63, 3.8) is 0 Å². The van der Waals surface area contributed by atoms with E-state index in [-0.39, 0.29) is 12.5 Å². The molecule has 0 saturated carbocycles. The Hall–Kier alpha value is -2.89. The molecular formula is C15H15N5O. The van der Waals surface area contributed by atoms with Crippen LogP contribution in [0.2, 0.25) is 0 Å². The summed E-state index contributed by atoms with van der Waals surface area (Å²) in [6, 6.07) is 11.2. The molecule has 3 rings (SSSR count). The van der Waals surface area contributed by atoms with Crippen LogP contribution in [0.15, 0.2) is 42.6 Å². The fourth-order valence-corrected chi connectivity index (χ4v) is 2.21. The number of hydrogen-bond donors (Lipinski definition) is 2. The van der Waals surface area contributed by atoms with Gasteiger partial charge in [-0.05, 0) is 25.1 Å². The lowest BCUT2D eigenvalue weighted by atomic mass is 10.1. The van der Waals surface area contributed by atoms with Crippen molar-refractivity contribution >= 4 is 28.3 Å². The lowest BCUT2D eigenvalue weighted by Gasteiger charge is -2.09. The molecule has 0 bridgehead atoms. The molecule has 0 spiro atoms. The Morgan fingerprint density at radius 2 is 2.14 bits per heavy atom. The first-order valence-corrected chi connectivity index (χ1v) is 6.57. The highest BCUT2D eigenvalue weighted by Crippen LogP contribution is 2.22. The Balaban J connectivity index is 1.85. The van der Waals surface area contributed by atoms with Gasteiger partial charge < -0.3 is 11.1 Å². The maximum absolute atomic E-state index is 12.1. The minimum atomic E-state index is -0.158. The smallest absolute Gasteiger partial charge is 0.246 e. The molecule has 0 aliphatic heterocycles. The number of nitrogens with two attached hydrogens (primary N) is 1. The molecule has 0 fully saturated rings. The van der Waals surface area contributed by atoms with Crippen LogP contribution in [0.5, 0.6) is 0 Å². The Morgan fingerprint density at radius 3 is 2.90 bits per heavy atom. The monoisotopic (exact) mass is 281 g/mol. The van der Waals surface area contributed by atoms with Gasteiger partial charge >= 0.3 is 0 Å². The summed E-state index contributed by atoms with van der Waals surface area (Å²) in [5.74, 6) is 0.238. The Kier molecular flexibility index (Phi) is 3.27. The van der Waals surface area contributed by atoms with Crippen LogP contribution in [0.3, 0.4) is 0 Å². The highest BCUT2D eigenvalue weighted by atomic mass is 16.2. The molecule has 0 radical (unpaired) electrons. The van der Waals surface area contributed by atoms with Crippen LogP contribution in [0, 0.1) is 6.92 Å². The highest BCUT2D eigenvalue weighted by Gasteiger charge is 2.08. The number of nitrogens with zero attached hydrogens (tertiary/aromatic N) is 3. The van der Waals surface area contributed by atoms with Crippen molar-refractivity contribution in [1.82, 2.24) is 14.8 Å². The predicted molar refractivity (Wildman–Crippen MR) is 81.7 cm³/mol. The van der Waals surface area contributed by atoms with Gasteiger partial charge in [0, 0.05) is 17.3 Å². The molecule has 2 aromatic heterocycles. The van der Waals surface area contributed by atoms with Crippen molar-refractivity contribution in [2.45, 2.75) is 13.5 Å². The SMILES string of the molecule is Cc1cc(NC(=O)Cn2ccc(N)n2)c2ccccc2n1. The van der Waals surface area contributed by atoms with Crippen LogP contribution in [0.25, 0.3) is 10.9 Å². The third kappa shape index (κ3) is 2.84. The lowest BCUT2D eigenvalue weighted by Crippen LogP contribution is -2.19. The summed E-state index contributed by atoms with van der Waals surface area (Å²) >= 11 is 0. The number of carbonyl (C=O) groups is 1. The van der Waals surface area contributed by atoms with Gasteiger partial charge in [0.15, 0.2) is 0 Å². The minimum Gasteiger partial charge on any atom is -0.382 e. The van der Waals surface area contributed by atoms with Crippen molar-refractivity contribution in [1.29, 1.82) is 0 Å². The molecule has 21 heavy (non-hydrogen) atoms. The molecule has 3 aromatic rings. The van der Waals surface area contributed by atoms with E-state index in [2.05, 4.69) is 15.4 Å². The fourth-order valence-electron chi connectivity index (χ4n) is 2.21. The van der Waals surface area contributed by atoms with Crippen molar-refractivity contribution in [3.8, 4) is 0 Å². The number of rotatable bonds is 3. The third-order valence-electron chi connectivity index (χ3n) is 3.09. The number of para-hydroxylation sites is 1.